The van der Waals surface area contributed by atoms with Crippen LogP contribution in [0.25, 0.3) is 0 Å². The number of rotatable bonds is 6. The van der Waals surface area contributed by atoms with E-state index in [0.29, 0.717) is 0 Å². The zero-order valence-corrected chi connectivity index (χ0v) is 17.9. The number of hydrogen-bond acceptors (Lipinski definition) is 3. The molecule has 0 aromatic rings. The molecule has 0 aliphatic carbocycles. The normalized spacial score (nSPS) is 20.1. The van der Waals surface area contributed by atoms with E-state index in [1.165, 1.54) is 37.9 Å². The summed E-state index contributed by atoms with van der Waals surface area (Å²) < 4.78 is 5.34. The van der Waals surface area contributed by atoms with Crippen LogP contribution in [0.2, 0.25) is 0 Å². The van der Waals surface area contributed by atoms with E-state index in [1.807, 2.05) is 7.05 Å². The Kier molecular flexibility index (Phi) is 10.2. The fourth-order valence-corrected chi connectivity index (χ4v) is 3.27. The first-order chi connectivity index (χ1) is 11.1. The van der Waals surface area contributed by atoms with Gasteiger partial charge in [0.25, 0.3) is 0 Å². The second-order valence-corrected chi connectivity index (χ2v) is 7.15. The van der Waals surface area contributed by atoms with Crippen LogP contribution in [0.15, 0.2) is 16.6 Å². The minimum absolute atomic E-state index is 0. The monoisotopic (exact) mass is 450 g/mol. The predicted molar refractivity (Wildman–Crippen MR) is 112 cm³/mol. The summed E-state index contributed by atoms with van der Waals surface area (Å²) >= 11 is 0. The molecule has 2 rings (SSSR count). The molecule has 1 fully saturated rings. The van der Waals surface area contributed by atoms with Gasteiger partial charge in [0.15, 0.2) is 5.96 Å². The summed E-state index contributed by atoms with van der Waals surface area (Å²) in [5.41, 5.74) is 1.66. The molecule has 24 heavy (non-hydrogen) atoms. The van der Waals surface area contributed by atoms with Crippen molar-refractivity contribution in [2.45, 2.75) is 51.5 Å². The first-order valence-corrected chi connectivity index (χ1v) is 9.07. The minimum atomic E-state index is 0. The van der Waals surface area contributed by atoms with Crippen LogP contribution in [0, 0.1) is 0 Å². The molecule has 0 aromatic heterocycles. The molecule has 140 valence electrons. The van der Waals surface area contributed by atoms with Gasteiger partial charge in [-0.05, 0) is 52.6 Å². The van der Waals surface area contributed by atoms with Crippen molar-refractivity contribution in [3.05, 3.63) is 11.6 Å². The smallest absolute Gasteiger partial charge is 0.191 e. The van der Waals surface area contributed by atoms with Crippen LogP contribution in [0.1, 0.15) is 46.0 Å². The molecule has 2 aliphatic heterocycles. The van der Waals surface area contributed by atoms with Crippen LogP contribution in [0.5, 0.6) is 0 Å². The maximum atomic E-state index is 5.34. The maximum Gasteiger partial charge on any atom is 0.191 e. The highest BCUT2D eigenvalue weighted by Crippen LogP contribution is 2.19. The van der Waals surface area contributed by atoms with E-state index >= 15 is 0 Å². The van der Waals surface area contributed by atoms with Gasteiger partial charge in [0.2, 0.25) is 0 Å². The lowest BCUT2D eigenvalue weighted by Crippen LogP contribution is -2.54. The average Bonchev–Trinajstić information content (AvgIpc) is 2.59. The molecule has 0 radical (unpaired) electrons. The number of hydrogen-bond donors (Lipinski definition) is 2. The Hall–Kier alpha value is -0.340. The number of aliphatic imine (C=N–C) groups is 1. The first-order valence-electron chi connectivity index (χ1n) is 9.07. The molecule has 5 nitrogen and oxygen atoms in total. The van der Waals surface area contributed by atoms with Crippen molar-refractivity contribution in [2.75, 3.05) is 46.4 Å². The van der Waals surface area contributed by atoms with Crippen LogP contribution in [-0.2, 0) is 4.74 Å². The highest BCUT2D eigenvalue weighted by molar-refractivity contribution is 14.0. The molecule has 2 aliphatic rings. The molecule has 0 bridgehead atoms. The Labute approximate surface area is 164 Å². The van der Waals surface area contributed by atoms with Crippen LogP contribution >= 0.6 is 24.0 Å². The summed E-state index contributed by atoms with van der Waals surface area (Å²) in [6.45, 7) is 10.6. The zero-order valence-electron chi connectivity index (χ0n) is 15.6. The molecule has 0 spiro atoms. The van der Waals surface area contributed by atoms with Crippen molar-refractivity contribution in [3.63, 3.8) is 0 Å². The Balaban J connectivity index is 0.00000288. The van der Waals surface area contributed by atoms with Gasteiger partial charge in [0.05, 0.1) is 13.2 Å². The number of nitrogens with zero attached hydrogens (tertiary/aromatic N) is 2. The lowest BCUT2D eigenvalue weighted by atomic mass is 9.98. The molecule has 6 heteroatoms. The number of halogens is 1. The second-order valence-electron chi connectivity index (χ2n) is 7.15. The fourth-order valence-electron chi connectivity index (χ4n) is 3.27. The van der Waals surface area contributed by atoms with E-state index in [9.17, 15) is 0 Å². The van der Waals surface area contributed by atoms with Crippen molar-refractivity contribution in [3.8, 4) is 0 Å². The third-order valence-corrected chi connectivity index (χ3v) is 4.92. The maximum absolute atomic E-state index is 5.34. The van der Waals surface area contributed by atoms with Gasteiger partial charge >= 0.3 is 0 Å². The lowest BCUT2D eigenvalue weighted by Gasteiger charge is -2.41. The van der Waals surface area contributed by atoms with E-state index in [0.717, 1.165) is 45.1 Å². The highest BCUT2D eigenvalue weighted by atomic mass is 127. The number of guanidine groups is 1. The molecule has 0 amide bonds. The third-order valence-electron chi connectivity index (χ3n) is 4.92. The van der Waals surface area contributed by atoms with E-state index in [1.54, 1.807) is 0 Å². The Morgan fingerprint density at radius 1 is 1.25 bits per heavy atom. The number of piperidine rings is 1. The number of nitrogens with one attached hydrogen (secondary N) is 2. The van der Waals surface area contributed by atoms with Crippen molar-refractivity contribution in [1.82, 2.24) is 15.5 Å². The van der Waals surface area contributed by atoms with Gasteiger partial charge in [-0.2, -0.15) is 0 Å². The molecule has 1 saturated heterocycles. The van der Waals surface area contributed by atoms with Crippen LogP contribution in [-0.4, -0.2) is 62.8 Å². The van der Waals surface area contributed by atoms with Crippen molar-refractivity contribution >= 4 is 29.9 Å². The summed E-state index contributed by atoms with van der Waals surface area (Å²) in [4.78, 5) is 6.95. The molecule has 2 N–H and O–H groups in total. The van der Waals surface area contributed by atoms with E-state index in [2.05, 4.69) is 40.4 Å². The van der Waals surface area contributed by atoms with Crippen molar-refractivity contribution in [1.29, 1.82) is 0 Å². The van der Waals surface area contributed by atoms with Crippen LogP contribution in [0.3, 0.4) is 0 Å². The lowest BCUT2D eigenvalue weighted by molar-refractivity contribution is 0.0982. The van der Waals surface area contributed by atoms with Crippen LogP contribution < -0.4 is 10.6 Å². The van der Waals surface area contributed by atoms with Gasteiger partial charge in [-0.3, -0.25) is 9.89 Å². The zero-order chi connectivity index (χ0) is 16.5. The Morgan fingerprint density at radius 3 is 2.62 bits per heavy atom. The molecule has 0 atom stereocenters. The van der Waals surface area contributed by atoms with E-state index in [-0.39, 0.29) is 29.5 Å². The minimum Gasteiger partial charge on any atom is -0.377 e. The van der Waals surface area contributed by atoms with E-state index in [4.69, 9.17) is 4.74 Å². The third kappa shape index (κ3) is 7.27. The first kappa shape index (κ1) is 21.7. The van der Waals surface area contributed by atoms with Crippen molar-refractivity contribution in [2.24, 2.45) is 4.99 Å². The molecule has 0 saturated carbocycles. The van der Waals surface area contributed by atoms with Gasteiger partial charge < -0.3 is 15.4 Å². The average molecular weight is 450 g/mol. The highest BCUT2D eigenvalue weighted by Gasteiger charge is 2.27. The molecule has 0 unspecified atom stereocenters. The SMILES string of the molecule is CN=C(NCCC1=CCOCC1)NCC(C)(C)N1CCCCC1.I. The largest absolute Gasteiger partial charge is 0.377 e. The topological polar surface area (TPSA) is 48.9 Å². The second kappa shape index (κ2) is 11.3. The summed E-state index contributed by atoms with van der Waals surface area (Å²) in [6.07, 6.45) is 8.38. The Bertz CT molecular complexity index is 417. The predicted octanol–water partition coefficient (Wildman–Crippen LogP) is 2.77. The fraction of sp³-hybridized carbons (Fsp3) is 0.833. The standard InChI is InChI=1S/C18H34N4O.HI/c1-18(2,22-11-5-4-6-12-22)15-21-17(19-3)20-10-7-16-8-13-23-14-9-16;/h8H,4-7,9-15H2,1-3H3,(H2,19,20,21);1H. The molecule has 0 aromatic carbocycles. The van der Waals surface area contributed by atoms with Crippen LogP contribution in [0.4, 0.5) is 0 Å². The van der Waals surface area contributed by atoms with Gasteiger partial charge in [-0.25, -0.2) is 0 Å². The molecular formula is C18H35IN4O. The quantitative estimate of drug-likeness (QED) is 0.283. The van der Waals surface area contributed by atoms with Gasteiger partial charge in [-0.1, -0.05) is 18.1 Å². The summed E-state index contributed by atoms with van der Waals surface area (Å²) in [7, 11) is 1.84. The summed E-state index contributed by atoms with van der Waals surface area (Å²) in [6, 6.07) is 0. The summed E-state index contributed by atoms with van der Waals surface area (Å²) in [5.74, 6) is 0.905. The molecular weight excluding hydrogens is 415 g/mol. The van der Waals surface area contributed by atoms with Gasteiger partial charge in [0.1, 0.15) is 0 Å². The van der Waals surface area contributed by atoms with Gasteiger partial charge in [0, 0.05) is 25.7 Å². The van der Waals surface area contributed by atoms with Crippen molar-refractivity contribution < 1.29 is 4.74 Å². The summed E-state index contributed by atoms with van der Waals surface area (Å²) in [5, 5.41) is 6.93. The molecule has 2 heterocycles. The van der Waals surface area contributed by atoms with E-state index < -0.39 is 0 Å². The number of likely N-dealkylation sites (tertiary alicyclic amines) is 1. The van der Waals surface area contributed by atoms with Gasteiger partial charge in [-0.15, -0.1) is 24.0 Å². The number of ether oxygens (including phenoxy) is 1. The Morgan fingerprint density at radius 2 is 2.00 bits per heavy atom.